The number of likely N-dealkylation sites (tertiary alicyclic amines) is 1. The maximum atomic E-state index is 12.4. The Labute approximate surface area is 127 Å². The Morgan fingerprint density at radius 3 is 2.71 bits per heavy atom. The van der Waals surface area contributed by atoms with Crippen LogP contribution in [0.1, 0.15) is 51.4 Å². The van der Waals surface area contributed by atoms with Gasteiger partial charge in [0.1, 0.15) is 0 Å². The van der Waals surface area contributed by atoms with E-state index < -0.39 is 0 Å². The van der Waals surface area contributed by atoms with Crippen LogP contribution in [-0.2, 0) is 9.59 Å². The van der Waals surface area contributed by atoms with E-state index in [0.717, 1.165) is 64.6 Å². The molecule has 2 fully saturated rings. The number of nitrogens with one attached hydrogen (secondary N) is 1. The fourth-order valence-corrected chi connectivity index (χ4v) is 3.39. The van der Waals surface area contributed by atoms with E-state index in [1.807, 2.05) is 4.90 Å². The largest absolute Gasteiger partial charge is 0.396 e. The Hall–Kier alpha value is -1.10. The van der Waals surface area contributed by atoms with Gasteiger partial charge in [0.15, 0.2) is 0 Å². The van der Waals surface area contributed by atoms with Gasteiger partial charge in [-0.05, 0) is 44.4 Å². The number of carbonyl (C=O) groups excluding carboxylic acids is 2. The zero-order valence-corrected chi connectivity index (χ0v) is 12.9. The van der Waals surface area contributed by atoms with Crippen LogP contribution in [0, 0.1) is 11.8 Å². The van der Waals surface area contributed by atoms with E-state index in [2.05, 4.69) is 5.32 Å². The predicted octanol–water partition coefficient (Wildman–Crippen LogP) is 1.30. The fraction of sp³-hybridized carbons (Fsp3) is 0.875. The van der Waals surface area contributed by atoms with Crippen LogP contribution >= 0.6 is 0 Å². The highest BCUT2D eigenvalue weighted by Gasteiger charge is 2.28. The molecule has 2 rings (SSSR count). The summed E-state index contributed by atoms with van der Waals surface area (Å²) >= 11 is 0. The monoisotopic (exact) mass is 296 g/mol. The lowest BCUT2D eigenvalue weighted by molar-refractivity contribution is -0.137. The van der Waals surface area contributed by atoms with E-state index >= 15 is 0 Å². The number of piperidine rings is 1. The molecule has 2 saturated heterocycles. The van der Waals surface area contributed by atoms with Crippen LogP contribution in [-0.4, -0.2) is 48.1 Å². The molecule has 0 aliphatic carbocycles. The number of aliphatic hydroxyl groups is 1. The number of amides is 2. The second-order valence-electron chi connectivity index (χ2n) is 6.38. The highest BCUT2D eigenvalue weighted by atomic mass is 16.3. The molecule has 2 aliphatic rings. The van der Waals surface area contributed by atoms with Gasteiger partial charge in [0.2, 0.25) is 11.8 Å². The number of hydrogen-bond acceptors (Lipinski definition) is 3. The summed E-state index contributed by atoms with van der Waals surface area (Å²) in [6.45, 7) is 2.63. The summed E-state index contributed by atoms with van der Waals surface area (Å²) < 4.78 is 0. The third kappa shape index (κ3) is 4.99. The van der Waals surface area contributed by atoms with Crippen LogP contribution in [0.3, 0.4) is 0 Å². The SMILES string of the molecule is O=C1NCCCCC1CC(=O)N1CCC(CCCO)CC1. The maximum absolute atomic E-state index is 12.4. The molecular weight excluding hydrogens is 268 g/mol. The molecule has 2 aliphatic heterocycles. The van der Waals surface area contributed by atoms with Crippen LogP contribution in [0.2, 0.25) is 0 Å². The van der Waals surface area contributed by atoms with Gasteiger partial charge in [0.05, 0.1) is 0 Å². The van der Waals surface area contributed by atoms with Gasteiger partial charge >= 0.3 is 0 Å². The van der Waals surface area contributed by atoms with Crippen molar-refractivity contribution in [2.24, 2.45) is 11.8 Å². The van der Waals surface area contributed by atoms with Crippen molar-refractivity contribution in [1.29, 1.82) is 0 Å². The molecule has 2 amide bonds. The average Bonchev–Trinajstić information content (AvgIpc) is 2.70. The Morgan fingerprint density at radius 1 is 1.24 bits per heavy atom. The van der Waals surface area contributed by atoms with Crippen LogP contribution in [0.4, 0.5) is 0 Å². The van der Waals surface area contributed by atoms with Gasteiger partial charge in [0.25, 0.3) is 0 Å². The van der Waals surface area contributed by atoms with Crippen molar-refractivity contribution in [2.75, 3.05) is 26.2 Å². The normalized spacial score (nSPS) is 24.5. The van der Waals surface area contributed by atoms with Crippen molar-refractivity contribution in [2.45, 2.75) is 51.4 Å². The molecule has 5 nitrogen and oxygen atoms in total. The lowest BCUT2D eigenvalue weighted by Gasteiger charge is -2.32. The highest BCUT2D eigenvalue weighted by Crippen LogP contribution is 2.24. The van der Waals surface area contributed by atoms with Crippen LogP contribution in [0.5, 0.6) is 0 Å². The summed E-state index contributed by atoms with van der Waals surface area (Å²) in [5.41, 5.74) is 0. The smallest absolute Gasteiger partial charge is 0.223 e. The molecule has 0 aromatic carbocycles. The topological polar surface area (TPSA) is 69.6 Å². The first-order chi connectivity index (χ1) is 10.2. The molecule has 0 saturated carbocycles. The second-order valence-corrected chi connectivity index (χ2v) is 6.38. The summed E-state index contributed by atoms with van der Waals surface area (Å²) in [4.78, 5) is 26.2. The minimum absolute atomic E-state index is 0.0543. The van der Waals surface area contributed by atoms with E-state index in [1.165, 1.54) is 0 Å². The van der Waals surface area contributed by atoms with Crippen molar-refractivity contribution in [3.63, 3.8) is 0 Å². The Balaban J connectivity index is 1.75. The molecule has 120 valence electrons. The average molecular weight is 296 g/mol. The first-order valence-electron chi connectivity index (χ1n) is 8.37. The Bertz CT molecular complexity index is 351. The van der Waals surface area contributed by atoms with E-state index in [4.69, 9.17) is 5.11 Å². The molecule has 21 heavy (non-hydrogen) atoms. The first kappa shape index (κ1) is 16.3. The molecule has 0 spiro atoms. The van der Waals surface area contributed by atoms with Gasteiger partial charge in [-0.2, -0.15) is 0 Å². The van der Waals surface area contributed by atoms with Crippen LogP contribution in [0.15, 0.2) is 0 Å². The fourth-order valence-electron chi connectivity index (χ4n) is 3.39. The van der Waals surface area contributed by atoms with Crippen molar-refractivity contribution in [3.05, 3.63) is 0 Å². The molecular formula is C16H28N2O3. The molecule has 2 heterocycles. The molecule has 0 radical (unpaired) electrons. The molecule has 5 heteroatoms. The van der Waals surface area contributed by atoms with E-state index in [9.17, 15) is 9.59 Å². The van der Waals surface area contributed by atoms with Crippen LogP contribution < -0.4 is 5.32 Å². The van der Waals surface area contributed by atoms with Crippen molar-refractivity contribution in [1.82, 2.24) is 10.2 Å². The predicted molar refractivity (Wildman–Crippen MR) is 80.6 cm³/mol. The summed E-state index contributed by atoms with van der Waals surface area (Å²) in [7, 11) is 0. The van der Waals surface area contributed by atoms with Crippen LogP contribution in [0.25, 0.3) is 0 Å². The highest BCUT2D eigenvalue weighted by molar-refractivity contribution is 5.86. The van der Waals surface area contributed by atoms with Gasteiger partial charge in [-0.25, -0.2) is 0 Å². The lowest BCUT2D eigenvalue weighted by atomic mass is 9.91. The number of carbonyl (C=O) groups is 2. The van der Waals surface area contributed by atoms with E-state index in [1.54, 1.807) is 0 Å². The van der Waals surface area contributed by atoms with E-state index in [-0.39, 0.29) is 24.3 Å². The third-order valence-corrected chi connectivity index (χ3v) is 4.81. The molecule has 0 aromatic rings. The quantitative estimate of drug-likeness (QED) is 0.803. The molecule has 1 atom stereocenters. The van der Waals surface area contributed by atoms with Gasteiger partial charge in [-0.15, -0.1) is 0 Å². The molecule has 0 aromatic heterocycles. The van der Waals surface area contributed by atoms with Gasteiger partial charge in [-0.1, -0.05) is 6.42 Å². The minimum atomic E-state index is -0.132. The number of aliphatic hydroxyl groups excluding tert-OH is 1. The molecule has 0 bridgehead atoms. The first-order valence-corrected chi connectivity index (χ1v) is 8.37. The zero-order valence-electron chi connectivity index (χ0n) is 12.9. The molecule has 1 unspecified atom stereocenters. The zero-order chi connectivity index (χ0) is 15.1. The number of rotatable bonds is 5. The van der Waals surface area contributed by atoms with Crippen molar-refractivity contribution < 1.29 is 14.7 Å². The molecule has 2 N–H and O–H groups in total. The number of nitrogens with zero attached hydrogens (tertiary/aromatic N) is 1. The minimum Gasteiger partial charge on any atom is -0.396 e. The summed E-state index contributed by atoms with van der Waals surface area (Å²) in [5.74, 6) is 0.700. The standard InChI is InChI=1S/C16H28N2O3/c19-11-3-4-13-6-9-18(10-7-13)15(20)12-14-5-1-2-8-17-16(14)21/h13-14,19H,1-12H2,(H,17,21). The Morgan fingerprint density at radius 2 is 2.00 bits per heavy atom. The van der Waals surface area contributed by atoms with Crippen molar-refractivity contribution in [3.8, 4) is 0 Å². The van der Waals surface area contributed by atoms with Gasteiger partial charge in [0, 0.05) is 38.6 Å². The van der Waals surface area contributed by atoms with Gasteiger partial charge in [-0.3, -0.25) is 9.59 Å². The summed E-state index contributed by atoms with van der Waals surface area (Å²) in [6, 6.07) is 0. The Kier molecular flexibility index (Phi) is 6.49. The number of hydrogen-bond donors (Lipinski definition) is 2. The summed E-state index contributed by atoms with van der Waals surface area (Å²) in [6.07, 6.45) is 7.24. The lowest BCUT2D eigenvalue weighted by Crippen LogP contribution is -2.41. The van der Waals surface area contributed by atoms with E-state index in [0.29, 0.717) is 12.3 Å². The van der Waals surface area contributed by atoms with Gasteiger partial charge < -0.3 is 15.3 Å². The second kappa shape index (κ2) is 8.37. The van der Waals surface area contributed by atoms with Crippen molar-refractivity contribution >= 4 is 11.8 Å². The summed E-state index contributed by atoms with van der Waals surface area (Å²) in [5, 5.41) is 11.8. The third-order valence-electron chi connectivity index (χ3n) is 4.81. The maximum Gasteiger partial charge on any atom is 0.223 e.